The summed E-state index contributed by atoms with van der Waals surface area (Å²) in [7, 11) is 0. The van der Waals surface area contributed by atoms with Crippen molar-refractivity contribution in [2.75, 3.05) is 6.54 Å². The smallest absolute Gasteiger partial charge is 0.0527 e. The summed E-state index contributed by atoms with van der Waals surface area (Å²) in [5.41, 5.74) is 10.9. The fraction of sp³-hybridized carbons (Fsp3) is 0.667. The predicted octanol–water partition coefficient (Wildman–Crippen LogP) is -0.00740. The predicted molar refractivity (Wildman–Crippen MR) is 34.3 cm³/mol. The highest BCUT2D eigenvalue weighted by atomic mass is 14.8. The maximum atomic E-state index is 5.67. The van der Waals surface area contributed by atoms with E-state index in [4.69, 9.17) is 11.5 Å². The van der Waals surface area contributed by atoms with E-state index < -0.39 is 0 Å². The van der Waals surface area contributed by atoms with Crippen molar-refractivity contribution in [2.45, 2.75) is 18.4 Å². The molecular formula is C6H12N2. The molecule has 46 valence electrons. The Bertz CT molecular complexity index is 101. The van der Waals surface area contributed by atoms with Crippen molar-refractivity contribution in [2.24, 2.45) is 11.5 Å². The summed E-state index contributed by atoms with van der Waals surface area (Å²) in [4.78, 5) is 0. The summed E-state index contributed by atoms with van der Waals surface area (Å²) >= 11 is 0. The van der Waals surface area contributed by atoms with Crippen molar-refractivity contribution >= 4 is 0 Å². The van der Waals surface area contributed by atoms with Gasteiger partial charge in [0.25, 0.3) is 0 Å². The third kappa shape index (κ3) is 1.32. The zero-order valence-electron chi connectivity index (χ0n) is 4.93. The quantitative estimate of drug-likeness (QED) is 0.505. The second kappa shape index (κ2) is 1.88. The molecule has 0 atom stereocenters. The molecule has 0 bridgehead atoms. The highest BCUT2D eigenvalue weighted by Crippen LogP contribution is 2.24. The van der Waals surface area contributed by atoms with Crippen LogP contribution in [0.4, 0.5) is 0 Å². The van der Waals surface area contributed by atoms with E-state index >= 15 is 0 Å². The molecule has 1 aliphatic carbocycles. The van der Waals surface area contributed by atoms with Crippen LogP contribution in [0.25, 0.3) is 0 Å². The molecule has 0 radical (unpaired) electrons. The summed E-state index contributed by atoms with van der Waals surface area (Å²) in [6.07, 6.45) is 6.08. The van der Waals surface area contributed by atoms with Crippen molar-refractivity contribution in [1.29, 1.82) is 0 Å². The van der Waals surface area contributed by atoms with Crippen LogP contribution in [0.15, 0.2) is 12.2 Å². The fourth-order valence-electron chi connectivity index (χ4n) is 0.682. The van der Waals surface area contributed by atoms with Gasteiger partial charge in [0.15, 0.2) is 0 Å². The molecule has 0 saturated carbocycles. The normalized spacial score (nSPS) is 21.2. The Balaban J connectivity index is 2.03. The van der Waals surface area contributed by atoms with E-state index in [0.29, 0.717) is 0 Å². The molecule has 4 N–H and O–H groups in total. The van der Waals surface area contributed by atoms with E-state index in [1.807, 2.05) is 12.2 Å². The first-order valence-corrected chi connectivity index (χ1v) is 2.96. The van der Waals surface area contributed by atoms with Gasteiger partial charge in [0.05, 0.1) is 5.54 Å². The van der Waals surface area contributed by atoms with Crippen molar-refractivity contribution in [1.82, 2.24) is 0 Å². The van der Waals surface area contributed by atoms with Crippen molar-refractivity contribution < 1.29 is 0 Å². The Morgan fingerprint density at radius 2 is 2.00 bits per heavy atom. The lowest BCUT2D eigenvalue weighted by Gasteiger charge is -2.05. The summed E-state index contributed by atoms with van der Waals surface area (Å²) in [6, 6.07) is 0. The molecule has 0 aromatic rings. The summed E-state index contributed by atoms with van der Waals surface area (Å²) in [5, 5.41) is 0. The van der Waals surface area contributed by atoms with Crippen molar-refractivity contribution in [3.8, 4) is 0 Å². The molecule has 0 unspecified atom stereocenters. The topological polar surface area (TPSA) is 52.0 Å². The van der Waals surface area contributed by atoms with Gasteiger partial charge in [0.1, 0.15) is 0 Å². The molecule has 1 rings (SSSR count). The zero-order chi connectivity index (χ0) is 6.04. The Kier molecular flexibility index (Phi) is 1.36. The van der Waals surface area contributed by atoms with Crippen LogP contribution >= 0.6 is 0 Å². The largest absolute Gasteiger partial charge is 0.330 e. The lowest BCUT2D eigenvalue weighted by atomic mass is 10.1. The number of hydrogen-bond acceptors (Lipinski definition) is 2. The van der Waals surface area contributed by atoms with Crippen LogP contribution < -0.4 is 11.5 Å². The van der Waals surface area contributed by atoms with Gasteiger partial charge in [-0.25, -0.2) is 0 Å². The van der Waals surface area contributed by atoms with Gasteiger partial charge < -0.3 is 11.5 Å². The molecule has 0 aliphatic heterocycles. The van der Waals surface area contributed by atoms with Gasteiger partial charge in [-0.1, -0.05) is 12.2 Å². The zero-order valence-corrected chi connectivity index (χ0v) is 4.93. The van der Waals surface area contributed by atoms with Gasteiger partial charge in [-0.05, 0) is 19.4 Å². The highest BCUT2D eigenvalue weighted by molar-refractivity contribution is 5.31. The SMILES string of the molecule is NCCCC1(N)C=C1. The van der Waals surface area contributed by atoms with Crippen LogP contribution in [0.1, 0.15) is 12.8 Å². The van der Waals surface area contributed by atoms with Gasteiger partial charge in [0, 0.05) is 0 Å². The summed E-state index contributed by atoms with van der Waals surface area (Å²) < 4.78 is 0. The maximum Gasteiger partial charge on any atom is 0.0527 e. The average molecular weight is 112 g/mol. The Morgan fingerprint density at radius 1 is 1.38 bits per heavy atom. The second-order valence-electron chi connectivity index (χ2n) is 2.34. The minimum atomic E-state index is -0.0284. The molecule has 2 nitrogen and oxygen atoms in total. The standard InChI is InChI=1S/C6H12N2/c7-5-1-2-6(8)3-4-6/h3-4H,1-2,5,7-8H2. The molecule has 1 aliphatic rings. The molecule has 0 amide bonds. The Hall–Kier alpha value is -0.340. The van der Waals surface area contributed by atoms with Gasteiger partial charge >= 0.3 is 0 Å². The Labute approximate surface area is 49.5 Å². The first-order valence-electron chi connectivity index (χ1n) is 2.96. The van der Waals surface area contributed by atoms with E-state index in [9.17, 15) is 0 Å². The van der Waals surface area contributed by atoms with E-state index in [2.05, 4.69) is 0 Å². The Morgan fingerprint density at radius 3 is 2.38 bits per heavy atom. The number of nitrogens with two attached hydrogens (primary N) is 2. The minimum absolute atomic E-state index is 0.0284. The van der Waals surface area contributed by atoms with E-state index in [1.165, 1.54) is 0 Å². The van der Waals surface area contributed by atoms with Gasteiger partial charge in [-0.3, -0.25) is 0 Å². The summed E-state index contributed by atoms with van der Waals surface area (Å²) in [5.74, 6) is 0. The van der Waals surface area contributed by atoms with Crippen LogP contribution in [0.5, 0.6) is 0 Å². The van der Waals surface area contributed by atoms with Crippen LogP contribution in [0, 0.1) is 0 Å². The van der Waals surface area contributed by atoms with Gasteiger partial charge in [-0.15, -0.1) is 0 Å². The first kappa shape index (κ1) is 5.79. The van der Waals surface area contributed by atoms with Crippen LogP contribution in [-0.2, 0) is 0 Å². The number of rotatable bonds is 3. The minimum Gasteiger partial charge on any atom is -0.330 e. The lowest BCUT2D eigenvalue weighted by Crippen LogP contribution is -2.24. The maximum absolute atomic E-state index is 5.67. The molecule has 8 heavy (non-hydrogen) atoms. The molecule has 2 heteroatoms. The summed E-state index contributed by atoms with van der Waals surface area (Å²) in [6.45, 7) is 0.751. The molecule has 0 heterocycles. The molecule has 0 spiro atoms. The highest BCUT2D eigenvalue weighted by Gasteiger charge is 2.26. The molecule has 0 saturated heterocycles. The van der Waals surface area contributed by atoms with Crippen LogP contribution in [-0.4, -0.2) is 12.1 Å². The van der Waals surface area contributed by atoms with Crippen LogP contribution in [0.3, 0.4) is 0 Å². The third-order valence-electron chi connectivity index (χ3n) is 1.41. The van der Waals surface area contributed by atoms with Crippen molar-refractivity contribution in [3.05, 3.63) is 12.2 Å². The van der Waals surface area contributed by atoms with Gasteiger partial charge in [0.2, 0.25) is 0 Å². The third-order valence-corrected chi connectivity index (χ3v) is 1.41. The van der Waals surface area contributed by atoms with Crippen LogP contribution in [0.2, 0.25) is 0 Å². The second-order valence-corrected chi connectivity index (χ2v) is 2.34. The molecule has 0 fully saturated rings. The van der Waals surface area contributed by atoms with Crippen molar-refractivity contribution in [3.63, 3.8) is 0 Å². The number of hydrogen-bond donors (Lipinski definition) is 2. The van der Waals surface area contributed by atoms with E-state index in [1.54, 1.807) is 0 Å². The van der Waals surface area contributed by atoms with Gasteiger partial charge in [-0.2, -0.15) is 0 Å². The molecular weight excluding hydrogens is 100 g/mol. The monoisotopic (exact) mass is 112 g/mol. The fourth-order valence-corrected chi connectivity index (χ4v) is 0.682. The van der Waals surface area contributed by atoms with E-state index in [0.717, 1.165) is 19.4 Å². The molecule has 0 aromatic carbocycles. The van der Waals surface area contributed by atoms with E-state index in [-0.39, 0.29) is 5.54 Å². The molecule has 0 aromatic heterocycles. The first-order chi connectivity index (χ1) is 3.77. The average Bonchev–Trinajstić information content (AvgIpc) is 2.45. The lowest BCUT2D eigenvalue weighted by molar-refractivity contribution is 0.624.